The number of carbonyl (C=O) groups is 4. The number of phosphoric ester groups is 2. The minimum Gasteiger partial charge on any atom is -0.756 e. The van der Waals surface area contributed by atoms with Gasteiger partial charge < -0.3 is 55.8 Å². The van der Waals surface area contributed by atoms with E-state index in [1.165, 1.54) is 385 Å². The molecule has 0 heterocycles. The first-order chi connectivity index (χ1) is 58.0. The normalized spacial score (nSPS) is 13.4. The van der Waals surface area contributed by atoms with Crippen LogP contribution in [0.3, 0.4) is 0 Å². The molecular weight excluding hydrogens is 1550 g/mol. The van der Waals surface area contributed by atoms with Crippen molar-refractivity contribution >= 4 is 39.5 Å². The number of rotatable bonds is 96. The Morgan fingerprint density at radius 3 is 0.533 bits per heavy atom. The summed E-state index contributed by atoms with van der Waals surface area (Å²) in [6.07, 6.45) is 91.1. The molecule has 0 fully saturated rings. The number of likely N-dealkylation sites (N-methyl/N-ethyl adjacent to an activating group) is 2. The third kappa shape index (κ3) is 99.8. The maximum absolute atomic E-state index is 12.7. The van der Waals surface area contributed by atoms with E-state index in [4.69, 9.17) is 37.0 Å². The standard InChI is InChI=1S/C52H104NO8P.C48H96NO8P/c1-6-8-10-12-14-16-18-20-22-24-26-28-30-32-34-36-38-40-42-44-51(54)58-48-50(49-60-62(56,57)59-47-46-53(3,4)5)61-52(55)45-43-41-39-37-35-33-31-29-27-25-23-21-19-17-15-13-11-9-7-2;1-6-8-10-12-14-16-18-20-22-24-26-28-30-32-34-36-38-40-47(50)54-44-46(45-56-58(52,53)55-43-42-49(3,4)5)57-48(51)41-39-37-35-33-31-29-27-25-23-21-19-17-15-13-11-9-7-2/h50H,6-49H2,1-5H3;46H,6-45H2,1-5H3/t50-;46-/m11/s1. The molecule has 120 heavy (non-hydrogen) atoms. The zero-order chi connectivity index (χ0) is 88.5. The maximum atomic E-state index is 12.7. The second kappa shape index (κ2) is 90.4. The van der Waals surface area contributed by atoms with E-state index >= 15 is 0 Å². The first-order valence-electron chi connectivity index (χ1n) is 51.5. The third-order valence-corrected chi connectivity index (χ3v) is 25.2. The van der Waals surface area contributed by atoms with Crippen molar-refractivity contribution in [3.8, 4) is 0 Å². The van der Waals surface area contributed by atoms with Crippen molar-refractivity contribution in [2.24, 2.45) is 0 Å². The molecule has 0 spiro atoms. The minimum absolute atomic E-state index is 0.0252. The molecule has 0 aromatic heterocycles. The van der Waals surface area contributed by atoms with Gasteiger partial charge in [-0.05, 0) is 25.7 Å². The van der Waals surface area contributed by atoms with Crippen molar-refractivity contribution in [3.05, 3.63) is 0 Å². The molecule has 0 aromatic carbocycles. The SMILES string of the molecule is CCCCCCCCCCCCCCCCCCCC(=O)OC[C@H](COP(=O)([O-])OCC[N+](C)(C)C)OC(=O)CCCCCCCCCCCCCCCCCCC.CCCCCCCCCCCCCCCCCCCCCC(=O)OC[C@H](COP(=O)([O-])OCC[N+](C)(C)C)OC(=O)CCCCCCCCCCCCCCCCCCCCC. The van der Waals surface area contributed by atoms with Gasteiger partial charge in [0.1, 0.15) is 39.5 Å². The molecule has 0 N–H and O–H groups in total. The van der Waals surface area contributed by atoms with E-state index in [-0.39, 0.29) is 64.0 Å². The predicted octanol–water partition coefficient (Wildman–Crippen LogP) is 29.0. The molecule has 0 rings (SSSR count). The van der Waals surface area contributed by atoms with Crippen LogP contribution in [-0.4, -0.2) is 140 Å². The molecule has 0 aliphatic rings. The highest BCUT2D eigenvalue weighted by atomic mass is 31.2. The average molecular weight is 1750 g/mol. The number of hydrogen-bond acceptors (Lipinski definition) is 16. The number of esters is 4. The van der Waals surface area contributed by atoms with Crippen molar-refractivity contribution in [2.45, 2.75) is 528 Å². The van der Waals surface area contributed by atoms with Gasteiger partial charge in [-0.25, -0.2) is 0 Å². The maximum Gasteiger partial charge on any atom is 0.306 e. The molecule has 20 heteroatoms. The number of nitrogens with zero attached hydrogens (tertiary/aromatic N) is 2. The monoisotopic (exact) mass is 1750 g/mol. The number of hydrogen-bond donors (Lipinski definition) is 0. The van der Waals surface area contributed by atoms with Crippen molar-refractivity contribution in [1.82, 2.24) is 0 Å². The van der Waals surface area contributed by atoms with Crippen LogP contribution >= 0.6 is 15.6 Å². The van der Waals surface area contributed by atoms with Crippen LogP contribution < -0.4 is 9.79 Å². The van der Waals surface area contributed by atoms with E-state index < -0.39 is 53.0 Å². The Morgan fingerprint density at radius 2 is 0.375 bits per heavy atom. The molecular formula is C100H200N2O16P2. The summed E-state index contributed by atoms with van der Waals surface area (Å²) in [4.78, 5) is 75.4. The van der Waals surface area contributed by atoms with Gasteiger partial charge in [-0.15, -0.1) is 0 Å². The van der Waals surface area contributed by atoms with Crippen molar-refractivity contribution < 1.29 is 84.1 Å². The predicted molar refractivity (Wildman–Crippen MR) is 500 cm³/mol. The average Bonchev–Trinajstić information content (AvgIpc) is 0.904. The van der Waals surface area contributed by atoms with Gasteiger partial charge >= 0.3 is 23.9 Å². The summed E-state index contributed by atoms with van der Waals surface area (Å²) in [5.74, 6) is -1.63. The van der Waals surface area contributed by atoms with Crippen LogP contribution in [0.2, 0.25) is 0 Å². The second-order valence-electron chi connectivity index (χ2n) is 37.8. The lowest BCUT2D eigenvalue weighted by Crippen LogP contribution is -2.37. The van der Waals surface area contributed by atoms with Crippen LogP contribution in [0.25, 0.3) is 0 Å². The molecule has 0 aromatic rings. The van der Waals surface area contributed by atoms with E-state index in [0.717, 1.165) is 64.2 Å². The smallest absolute Gasteiger partial charge is 0.306 e. The molecule has 716 valence electrons. The number of quaternary nitrogens is 2. The summed E-state index contributed by atoms with van der Waals surface area (Å²) in [7, 11) is 2.37. The molecule has 0 saturated heterocycles. The summed E-state index contributed by atoms with van der Waals surface area (Å²) in [6.45, 7) is 8.59. The first-order valence-corrected chi connectivity index (χ1v) is 54.4. The van der Waals surface area contributed by atoms with E-state index in [1.807, 2.05) is 42.3 Å². The Bertz CT molecular complexity index is 2290. The Kier molecular flexibility index (Phi) is 90.4. The van der Waals surface area contributed by atoms with Crippen LogP contribution in [0.4, 0.5) is 0 Å². The van der Waals surface area contributed by atoms with Gasteiger partial charge in [0.25, 0.3) is 15.6 Å². The molecule has 0 aliphatic heterocycles. The number of phosphoric acid groups is 2. The Morgan fingerprint density at radius 1 is 0.225 bits per heavy atom. The van der Waals surface area contributed by atoms with Crippen molar-refractivity contribution in [1.29, 1.82) is 0 Å². The Hall–Kier alpha value is -1.98. The van der Waals surface area contributed by atoms with Gasteiger partial charge in [-0.1, -0.05) is 464 Å². The molecule has 0 radical (unpaired) electrons. The number of carbonyl (C=O) groups excluding carboxylic acids is 4. The fraction of sp³-hybridized carbons (Fsp3) is 0.960. The summed E-state index contributed by atoms with van der Waals surface area (Å²) in [5, 5.41) is 0. The van der Waals surface area contributed by atoms with Gasteiger partial charge in [0, 0.05) is 25.7 Å². The van der Waals surface area contributed by atoms with Crippen molar-refractivity contribution in [2.75, 3.05) is 95.0 Å². The summed E-state index contributed by atoms with van der Waals surface area (Å²) < 4.78 is 68.1. The largest absolute Gasteiger partial charge is 0.756 e. The second-order valence-corrected chi connectivity index (χ2v) is 40.6. The third-order valence-electron chi connectivity index (χ3n) is 23.3. The van der Waals surface area contributed by atoms with E-state index in [0.29, 0.717) is 34.9 Å². The molecule has 2 unspecified atom stereocenters. The van der Waals surface area contributed by atoms with Crippen LogP contribution in [0.1, 0.15) is 516 Å². The number of unbranched alkanes of at least 4 members (excludes halogenated alkanes) is 68. The van der Waals surface area contributed by atoms with Crippen LogP contribution in [0.15, 0.2) is 0 Å². The molecule has 0 bridgehead atoms. The van der Waals surface area contributed by atoms with E-state index in [9.17, 15) is 38.1 Å². The van der Waals surface area contributed by atoms with E-state index in [2.05, 4.69) is 27.7 Å². The first kappa shape index (κ1) is 120. The van der Waals surface area contributed by atoms with E-state index in [1.54, 1.807) is 0 Å². The Balaban J connectivity index is 0. The summed E-state index contributed by atoms with van der Waals surface area (Å²) in [5.41, 5.74) is 0. The van der Waals surface area contributed by atoms with Crippen molar-refractivity contribution in [3.63, 3.8) is 0 Å². The molecule has 0 aliphatic carbocycles. The molecule has 4 atom stereocenters. The summed E-state index contributed by atoms with van der Waals surface area (Å²) >= 11 is 0. The topological polar surface area (TPSA) is 222 Å². The van der Waals surface area contributed by atoms with Crippen LogP contribution in [0, 0.1) is 0 Å². The fourth-order valence-corrected chi connectivity index (χ4v) is 16.7. The zero-order valence-corrected chi connectivity index (χ0v) is 82.7. The number of ether oxygens (including phenoxy) is 4. The minimum atomic E-state index is -4.62. The quantitative estimate of drug-likeness (QED) is 0.0181. The van der Waals surface area contributed by atoms with Gasteiger partial charge in [0.2, 0.25) is 0 Å². The fourth-order valence-electron chi connectivity index (χ4n) is 15.2. The lowest BCUT2D eigenvalue weighted by molar-refractivity contribution is -0.870. The van der Waals surface area contributed by atoms with Gasteiger partial charge in [0.15, 0.2) is 12.2 Å². The van der Waals surface area contributed by atoms with Crippen LogP contribution in [0.5, 0.6) is 0 Å². The summed E-state index contributed by atoms with van der Waals surface area (Å²) in [6, 6.07) is 0. The van der Waals surface area contributed by atoms with Gasteiger partial charge in [-0.3, -0.25) is 28.3 Å². The highest BCUT2D eigenvalue weighted by molar-refractivity contribution is 7.46. The Labute approximate surface area is 742 Å². The highest BCUT2D eigenvalue weighted by Gasteiger charge is 2.24. The molecule has 0 saturated carbocycles. The van der Waals surface area contributed by atoms with Crippen LogP contribution in [-0.2, 0) is 65.4 Å². The van der Waals surface area contributed by atoms with Gasteiger partial charge in [-0.2, -0.15) is 0 Å². The molecule has 18 nitrogen and oxygen atoms in total. The zero-order valence-electron chi connectivity index (χ0n) is 80.9. The van der Waals surface area contributed by atoms with Gasteiger partial charge in [0.05, 0.1) is 55.5 Å². The molecule has 0 amide bonds. The highest BCUT2D eigenvalue weighted by Crippen LogP contribution is 2.40. The lowest BCUT2D eigenvalue weighted by Gasteiger charge is -2.28. The lowest BCUT2D eigenvalue weighted by atomic mass is 10.0.